The summed E-state index contributed by atoms with van der Waals surface area (Å²) in [7, 11) is 0. The van der Waals surface area contributed by atoms with Crippen LogP contribution in [0.5, 0.6) is 5.75 Å². The van der Waals surface area contributed by atoms with Crippen LogP contribution in [0.3, 0.4) is 0 Å². The van der Waals surface area contributed by atoms with Crippen LogP contribution in [0.1, 0.15) is 37.3 Å². The summed E-state index contributed by atoms with van der Waals surface area (Å²) in [5.41, 5.74) is 1.15. The van der Waals surface area contributed by atoms with Gasteiger partial charge in [0.25, 0.3) is 0 Å². The summed E-state index contributed by atoms with van der Waals surface area (Å²) in [6.45, 7) is -1.73. The van der Waals surface area contributed by atoms with Gasteiger partial charge < -0.3 is 10.1 Å². The maximum absolute atomic E-state index is 12.0. The Morgan fingerprint density at radius 2 is 1.88 bits per heavy atom. The van der Waals surface area contributed by atoms with Crippen LogP contribution in [-0.4, -0.2) is 13.2 Å². The van der Waals surface area contributed by atoms with E-state index in [-0.39, 0.29) is 5.75 Å². The molecule has 0 saturated carbocycles. The van der Waals surface area contributed by atoms with Crippen molar-refractivity contribution in [3.05, 3.63) is 29.8 Å². The number of nitrogens with one attached hydrogen (secondary N) is 1. The fourth-order valence-corrected chi connectivity index (χ4v) is 2.19. The maximum Gasteiger partial charge on any atom is 0.387 e. The molecular weight excluding hydrogens is 224 g/mol. The Kier molecular flexibility index (Phi) is 4.31. The summed E-state index contributed by atoms with van der Waals surface area (Å²) in [4.78, 5) is 0. The van der Waals surface area contributed by atoms with E-state index in [1.807, 2.05) is 12.1 Å². The molecule has 1 aliphatic rings. The monoisotopic (exact) mass is 241 g/mol. The normalized spacial score (nSPS) is 21.2. The van der Waals surface area contributed by atoms with Gasteiger partial charge in [-0.1, -0.05) is 25.0 Å². The van der Waals surface area contributed by atoms with Crippen LogP contribution in [0.4, 0.5) is 8.78 Å². The number of hydrogen-bond donors (Lipinski definition) is 1. The van der Waals surface area contributed by atoms with Gasteiger partial charge in [0.15, 0.2) is 0 Å². The number of alkyl halides is 2. The van der Waals surface area contributed by atoms with Crippen LogP contribution in [0.25, 0.3) is 0 Å². The second-order valence-electron chi connectivity index (χ2n) is 4.30. The lowest BCUT2D eigenvalue weighted by molar-refractivity contribution is -0.0498. The molecule has 1 saturated heterocycles. The van der Waals surface area contributed by atoms with Crippen molar-refractivity contribution in [3.63, 3.8) is 0 Å². The highest BCUT2D eigenvalue weighted by molar-refractivity contribution is 5.29. The van der Waals surface area contributed by atoms with Crippen LogP contribution < -0.4 is 10.1 Å². The lowest BCUT2D eigenvalue weighted by Gasteiger charge is -2.16. The molecule has 1 heterocycles. The molecule has 0 amide bonds. The highest BCUT2D eigenvalue weighted by Gasteiger charge is 2.13. The van der Waals surface area contributed by atoms with Crippen molar-refractivity contribution in [2.45, 2.75) is 38.3 Å². The van der Waals surface area contributed by atoms with Gasteiger partial charge in [-0.2, -0.15) is 8.78 Å². The molecule has 1 aromatic carbocycles. The fraction of sp³-hybridized carbons (Fsp3) is 0.538. The molecule has 1 atom stereocenters. The first-order valence-corrected chi connectivity index (χ1v) is 6.04. The summed E-state index contributed by atoms with van der Waals surface area (Å²) in [5.74, 6) is 0.220. The Morgan fingerprint density at radius 1 is 1.12 bits per heavy atom. The Balaban J connectivity index is 2.00. The van der Waals surface area contributed by atoms with Crippen molar-refractivity contribution >= 4 is 0 Å². The Bertz CT molecular complexity index is 332. The molecule has 0 radical (unpaired) electrons. The standard InChI is InChI=1S/C13H17F2NO/c14-13(15)17-11-7-5-10(6-8-11)12-4-2-1-3-9-16-12/h5-8,12-13,16H,1-4,9H2. The molecule has 1 N–H and O–H groups in total. The van der Waals surface area contributed by atoms with Gasteiger partial charge in [0.2, 0.25) is 0 Å². The molecule has 0 spiro atoms. The molecule has 1 fully saturated rings. The summed E-state index contributed by atoms with van der Waals surface area (Å²) < 4.78 is 28.3. The van der Waals surface area contributed by atoms with E-state index < -0.39 is 6.61 Å². The average molecular weight is 241 g/mol. The van der Waals surface area contributed by atoms with Crippen LogP contribution in [-0.2, 0) is 0 Å². The summed E-state index contributed by atoms with van der Waals surface area (Å²) in [6, 6.07) is 7.28. The minimum absolute atomic E-state index is 0.220. The summed E-state index contributed by atoms with van der Waals surface area (Å²) in [5, 5.41) is 3.47. The van der Waals surface area contributed by atoms with Gasteiger partial charge in [0.1, 0.15) is 5.75 Å². The number of rotatable bonds is 3. The third kappa shape index (κ3) is 3.66. The van der Waals surface area contributed by atoms with Crippen molar-refractivity contribution in [3.8, 4) is 5.75 Å². The largest absolute Gasteiger partial charge is 0.435 e. The third-order valence-electron chi connectivity index (χ3n) is 3.07. The fourth-order valence-electron chi connectivity index (χ4n) is 2.19. The van der Waals surface area contributed by atoms with Crippen LogP contribution >= 0.6 is 0 Å². The first-order chi connectivity index (χ1) is 8.25. The number of ether oxygens (including phenoxy) is 1. The second-order valence-corrected chi connectivity index (χ2v) is 4.30. The summed E-state index contributed by atoms with van der Waals surface area (Å²) in [6.07, 6.45) is 4.79. The lowest BCUT2D eigenvalue weighted by Crippen LogP contribution is -2.20. The van der Waals surface area contributed by atoms with Gasteiger partial charge in [-0.15, -0.1) is 0 Å². The van der Waals surface area contributed by atoms with Crippen molar-refractivity contribution in [1.82, 2.24) is 5.32 Å². The summed E-state index contributed by atoms with van der Waals surface area (Å²) >= 11 is 0. The van der Waals surface area contributed by atoms with Gasteiger partial charge in [-0.05, 0) is 37.1 Å². The average Bonchev–Trinajstić information content (AvgIpc) is 2.58. The van der Waals surface area contributed by atoms with Crippen LogP contribution in [0.15, 0.2) is 24.3 Å². The van der Waals surface area contributed by atoms with E-state index >= 15 is 0 Å². The number of benzene rings is 1. The van der Waals surface area contributed by atoms with E-state index in [4.69, 9.17) is 0 Å². The molecule has 0 aliphatic carbocycles. The number of halogens is 2. The predicted molar refractivity (Wildman–Crippen MR) is 62.3 cm³/mol. The molecule has 0 bridgehead atoms. The Labute approximate surface area is 100.0 Å². The highest BCUT2D eigenvalue weighted by atomic mass is 19.3. The lowest BCUT2D eigenvalue weighted by atomic mass is 10.0. The van der Waals surface area contributed by atoms with Crippen molar-refractivity contribution in [2.24, 2.45) is 0 Å². The molecule has 1 aliphatic heterocycles. The smallest absolute Gasteiger partial charge is 0.387 e. The second kappa shape index (κ2) is 5.96. The van der Waals surface area contributed by atoms with Gasteiger partial charge in [-0.25, -0.2) is 0 Å². The molecule has 2 nitrogen and oxygen atoms in total. The van der Waals surface area contributed by atoms with Crippen molar-refractivity contribution in [1.29, 1.82) is 0 Å². The van der Waals surface area contributed by atoms with Crippen LogP contribution in [0, 0.1) is 0 Å². The van der Waals surface area contributed by atoms with Crippen molar-refractivity contribution in [2.75, 3.05) is 6.54 Å². The zero-order valence-electron chi connectivity index (χ0n) is 9.66. The molecule has 1 unspecified atom stereocenters. The molecule has 0 aromatic heterocycles. The SMILES string of the molecule is FC(F)Oc1ccc(C2CCCCCN2)cc1. The quantitative estimate of drug-likeness (QED) is 0.874. The van der Waals surface area contributed by atoms with Crippen LogP contribution in [0.2, 0.25) is 0 Å². The topological polar surface area (TPSA) is 21.3 Å². The predicted octanol–water partition coefficient (Wildman–Crippen LogP) is 3.49. The van der Waals surface area contributed by atoms with Gasteiger partial charge in [0, 0.05) is 6.04 Å². The highest BCUT2D eigenvalue weighted by Crippen LogP contribution is 2.24. The van der Waals surface area contributed by atoms with Gasteiger partial charge in [-0.3, -0.25) is 0 Å². The molecule has 4 heteroatoms. The van der Waals surface area contributed by atoms with Crippen molar-refractivity contribution < 1.29 is 13.5 Å². The van der Waals surface area contributed by atoms with E-state index in [0.29, 0.717) is 6.04 Å². The molecule has 1 aromatic rings. The molecule has 2 rings (SSSR count). The molecule has 94 valence electrons. The first kappa shape index (κ1) is 12.3. The Hall–Kier alpha value is -1.16. The zero-order valence-corrected chi connectivity index (χ0v) is 9.66. The molecule has 17 heavy (non-hydrogen) atoms. The zero-order chi connectivity index (χ0) is 12.1. The molecular formula is C13H17F2NO. The van der Waals surface area contributed by atoms with E-state index in [1.54, 1.807) is 12.1 Å². The van der Waals surface area contributed by atoms with Gasteiger partial charge >= 0.3 is 6.61 Å². The van der Waals surface area contributed by atoms with E-state index in [2.05, 4.69) is 10.1 Å². The third-order valence-corrected chi connectivity index (χ3v) is 3.07. The minimum atomic E-state index is -2.75. The number of hydrogen-bond acceptors (Lipinski definition) is 2. The van der Waals surface area contributed by atoms with E-state index in [0.717, 1.165) is 18.5 Å². The first-order valence-electron chi connectivity index (χ1n) is 6.04. The van der Waals surface area contributed by atoms with E-state index in [1.165, 1.54) is 19.3 Å². The minimum Gasteiger partial charge on any atom is -0.435 e. The Morgan fingerprint density at radius 3 is 2.59 bits per heavy atom. The van der Waals surface area contributed by atoms with Gasteiger partial charge in [0.05, 0.1) is 0 Å². The van der Waals surface area contributed by atoms with E-state index in [9.17, 15) is 8.78 Å². The maximum atomic E-state index is 12.0.